The van der Waals surface area contributed by atoms with Crippen LogP contribution >= 0.6 is 24.0 Å². The molecule has 0 atom stereocenters. The number of aromatic carboxylic acids is 1. The maximum absolute atomic E-state index is 14.5. The van der Waals surface area contributed by atoms with Gasteiger partial charge in [-0.05, 0) is 74.3 Å². The molecule has 0 radical (unpaired) electrons. The number of hydrogen-bond acceptors (Lipinski definition) is 7. The molecule has 1 heterocycles. The van der Waals surface area contributed by atoms with Gasteiger partial charge in [-0.3, -0.25) is 14.5 Å². The van der Waals surface area contributed by atoms with Crippen molar-refractivity contribution < 1.29 is 33.0 Å². The van der Waals surface area contributed by atoms with E-state index in [1.807, 2.05) is 19.0 Å². The monoisotopic (exact) mass is 611 g/mol. The van der Waals surface area contributed by atoms with Gasteiger partial charge in [0.2, 0.25) is 5.91 Å². The first-order valence-electron chi connectivity index (χ1n) is 12.8. The number of thiocarbonyl (C=S) groups is 1. The van der Waals surface area contributed by atoms with Crippen molar-refractivity contribution in [3.63, 3.8) is 0 Å². The second kappa shape index (κ2) is 13.7. The van der Waals surface area contributed by atoms with E-state index in [0.717, 1.165) is 17.8 Å². The fourth-order valence-electron chi connectivity index (χ4n) is 3.99. The quantitative estimate of drug-likeness (QED) is 0.217. The van der Waals surface area contributed by atoms with Crippen molar-refractivity contribution in [1.29, 1.82) is 0 Å². The highest BCUT2D eigenvalue weighted by Crippen LogP contribution is 2.36. The van der Waals surface area contributed by atoms with Gasteiger partial charge >= 0.3 is 5.97 Å². The molecule has 3 aromatic rings. The van der Waals surface area contributed by atoms with Crippen LogP contribution < -0.4 is 10.1 Å². The maximum atomic E-state index is 14.5. The molecule has 0 spiro atoms. The number of thioether (sulfide) groups is 1. The number of halogens is 2. The molecule has 0 aliphatic carbocycles. The van der Waals surface area contributed by atoms with Gasteiger partial charge in [0.1, 0.15) is 28.3 Å². The van der Waals surface area contributed by atoms with Gasteiger partial charge in [0.05, 0.1) is 10.5 Å². The van der Waals surface area contributed by atoms with Crippen LogP contribution in [0.1, 0.15) is 22.3 Å². The lowest BCUT2D eigenvalue weighted by Crippen LogP contribution is -2.31. The Hall–Kier alpha value is -4.13. The van der Waals surface area contributed by atoms with E-state index in [2.05, 4.69) is 5.32 Å². The molecule has 1 aliphatic heterocycles. The Bertz CT molecular complexity index is 1560. The van der Waals surface area contributed by atoms with E-state index in [9.17, 15) is 23.2 Å². The Morgan fingerprint density at radius 3 is 2.50 bits per heavy atom. The number of likely N-dealkylation sites (N-methyl/N-ethyl adjacent to an activating group) is 1. The smallest absolute Gasteiger partial charge is 0.335 e. The fraction of sp³-hybridized carbons (Fsp3) is 0.200. The summed E-state index contributed by atoms with van der Waals surface area (Å²) >= 11 is 6.49. The second-order valence-corrected chi connectivity index (χ2v) is 11.2. The number of carboxylic acid groups (broad SMARTS) is 1. The van der Waals surface area contributed by atoms with Crippen LogP contribution in [-0.2, 0) is 9.59 Å². The first kappa shape index (κ1) is 30.8. The van der Waals surface area contributed by atoms with Crippen molar-refractivity contribution in [1.82, 2.24) is 9.80 Å². The zero-order valence-corrected chi connectivity index (χ0v) is 24.4. The summed E-state index contributed by atoms with van der Waals surface area (Å²) in [5.41, 5.74) is 1.70. The van der Waals surface area contributed by atoms with Crippen LogP contribution in [0.4, 0.5) is 14.5 Å². The molecule has 2 amide bonds. The minimum absolute atomic E-state index is 0.0358. The molecule has 1 aliphatic rings. The molecule has 0 saturated carbocycles. The van der Waals surface area contributed by atoms with Crippen LogP contribution in [0.3, 0.4) is 0 Å². The number of nitrogens with one attached hydrogen (secondary N) is 1. The van der Waals surface area contributed by atoms with Crippen LogP contribution in [0.2, 0.25) is 0 Å². The van der Waals surface area contributed by atoms with E-state index in [0.29, 0.717) is 40.6 Å². The highest BCUT2D eigenvalue weighted by atomic mass is 32.2. The van der Waals surface area contributed by atoms with Crippen LogP contribution in [0.15, 0.2) is 65.6 Å². The van der Waals surface area contributed by atoms with E-state index in [1.54, 1.807) is 24.3 Å². The van der Waals surface area contributed by atoms with Crippen LogP contribution in [0, 0.1) is 11.6 Å². The van der Waals surface area contributed by atoms with Crippen molar-refractivity contribution in [3.05, 3.63) is 88.3 Å². The number of rotatable bonds is 11. The average Bonchev–Trinajstić information content (AvgIpc) is 3.20. The van der Waals surface area contributed by atoms with Gasteiger partial charge in [-0.15, -0.1) is 0 Å². The van der Waals surface area contributed by atoms with Gasteiger partial charge < -0.3 is 20.1 Å². The van der Waals surface area contributed by atoms with E-state index in [4.69, 9.17) is 22.1 Å². The zero-order valence-electron chi connectivity index (χ0n) is 22.7. The molecule has 8 nitrogen and oxygen atoms in total. The zero-order chi connectivity index (χ0) is 30.4. The molecule has 0 unspecified atom stereocenters. The number of carbonyl (C=O) groups is 3. The van der Waals surface area contributed by atoms with Gasteiger partial charge in [0, 0.05) is 42.4 Å². The summed E-state index contributed by atoms with van der Waals surface area (Å²) in [4.78, 5) is 40.3. The van der Waals surface area contributed by atoms with E-state index in [1.165, 1.54) is 41.3 Å². The third kappa shape index (κ3) is 7.78. The number of nitrogens with zero attached hydrogens (tertiary/aromatic N) is 2. The molecule has 42 heavy (non-hydrogen) atoms. The lowest BCUT2D eigenvalue weighted by molar-refractivity contribution is -0.122. The maximum Gasteiger partial charge on any atom is 0.335 e. The number of ether oxygens (including phenoxy) is 1. The summed E-state index contributed by atoms with van der Waals surface area (Å²) in [7, 11) is 3.82. The van der Waals surface area contributed by atoms with Crippen molar-refractivity contribution in [2.75, 3.05) is 39.1 Å². The van der Waals surface area contributed by atoms with Gasteiger partial charge in [-0.25, -0.2) is 13.6 Å². The van der Waals surface area contributed by atoms with Gasteiger partial charge in [-0.1, -0.05) is 30.0 Å². The summed E-state index contributed by atoms with van der Waals surface area (Å²) in [6.45, 7) is 1.04. The average molecular weight is 612 g/mol. The van der Waals surface area contributed by atoms with Gasteiger partial charge in [0.15, 0.2) is 0 Å². The number of anilines is 1. The first-order chi connectivity index (χ1) is 20.0. The van der Waals surface area contributed by atoms with Crippen LogP contribution in [0.25, 0.3) is 17.2 Å². The Labute approximate surface area is 251 Å². The highest BCUT2D eigenvalue weighted by molar-refractivity contribution is 8.26. The molecular formula is C30H27F2N3O5S2. The van der Waals surface area contributed by atoms with Crippen molar-refractivity contribution in [2.45, 2.75) is 6.42 Å². The van der Waals surface area contributed by atoms with Crippen molar-refractivity contribution >= 4 is 57.8 Å². The molecule has 4 rings (SSSR count). The molecule has 0 bridgehead atoms. The Kier molecular flexibility index (Phi) is 10.0. The Balaban J connectivity index is 1.51. The number of hydrogen-bond donors (Lipinski definition) is 2. The second-order valence-electron chi connectivity index (χ2n) is 9.54. The largest absolute Gasteiger partial charge is 0.492 e. The summed E-state index contributed by atoms with van der Waals surface area (Å²) in [6.07, 6.45) is 1.57. The van der Waals surface area contributed by atoms with Crippen LogP contribution in [0.5, 0.6) is 5.75 Å². The molecule has 1 fully saturated rings. The minimum atomic E-state index is -1.07. The molecule has 2 N–H and O–H groups in total. The topological polar surface area (TPSA) is 99.2 Å². The predicted octanol–water partition coefficient (Wildman–Crippen LogP) is 5.50. The number of benzene rings is 3. The van der Waals surface area contributed by atoms with Gasteiger partial charge in [0.25, 0.3) is 5.91 Å². The van der Waals surface area contributed by atoms with Crippen molar-refractivity contribution in [2.24, 2.45) is 0 Å². The number of amides is 2. The third-order valence-electron chi connectivity index (χ3n) is 6.19. The molecule has 1 saturated heterocycles. The number of carboxylic acids is 1. The SMILES string of the molecule is CN(C)CCOc1ccc(-c2ccc(F)cc2F)cc1/C=C1\SC(=S)N(CCC(=O)Nc2ccc(C(=O)O)cc2)C1=O. The van der Waals surface area contributed by atoms with Crippen molar-refractivity contribution in [3.8, 4) is 16.9 Å². The van der Waals surface area contributed by atoms with E-state index >= 15 is 0 Å². The third-order valence-corrected chi connectivity index (χ3v) is 7.56. The summed E-state index contributed by atoms with van der Waals surface area (Å²) < 4.78 is 34.3. The lowest BCUT2D eigenvalue weighted by Gasteiger charge is -2.15. The molecule has 3 aromatic carbocycles. The van der Waals surface area contributed by atoms with Gasteiger partial charge in [-0.2, -0.15) is 0 Å². The minimum Gasteiger partial charge on any atom is -0.492 e. The van der Waals surface area contributed by atoms with Crippen LogP contribution in [-0.4, -0.2) is 70.8 Å². The fourth-order valence-corrected chi connectivity index (χ4v) is 5.29. The summed E-state index contributed by atoms with van der Waals surface area (Å²) in [5.74, 6) is -2.76. The predicted molar refractivity (Wildman–Crippen MR) is 162 cm³/mol. The summed E-state index contributed by atoms with van der Waals surface area (Å²) in [6, 6.07) is 14.0. The standard InChI is InChI=1S/C30H27F2N3O5S2/c1-34(2)13-14-40-25-10-5-19(23-9-6-21(31)17-24(23)32)15-20(25)16-26-28(37)35(30(41)42-26)12-11-27(36)33-22-7-3-18(4-8-22)29(38)39/h3-10,15-17H,11-14H2,1-2H3,(H,33,36)(H,38,39)/b26-16-. The molecule has 218 valence electrons. The Morgan fingerprint density at radius 2 is 1.83 bits per heavy atom. The number of carbonyl (C=O) groups excluding carboxylic acids is 2. The Morgan fingerprint density at radius 1 is 1.10 bits per heavy atom. The normalized spacial score (nSPS) is 14.1. The first-order valence-corrected chi connectivity index (χ1v) is 14.0. The molecule has 0 aromatic heterocycles. The molecular weight excluding hydrogens is 584 g/mol. The van der Waals surface area contributed by atoms with E-state index in [-0.39, 0.29) is 40.2 Å². The van der Waals surface area contributed by atoms with E-state index < -0.39 is 17.6 Å². The lowest BCUT2D eigenvalue weighted by atomic mass is 10.0. The summed E-state index contributed by atoms with van der Waals surface area (Å²) in [5, 5.41) is 11.7. The molecule has 12 heteroatoms. The highest BCUT2D eigenvalue weighted by Gasteiger charge is 2.32.